The van der Waals surface area contributed by atoms with E-state index in [0.717, 1.165) is 11.3 Å². The van der Waals surface area contributed by atoms with Gasteiger partial charge in [0.1, 0.15) is 11.4 Å². The zero-order valence-corrected chi connectivity index (χ0v) is 16.1. The van der Waals surface area contributed by atoms with Crippen LogP contribution >= 0.6 is 0 Å². The van der Waals surface area contributed by atoms with E-state index in [-0.39, 0.29) is 11.6 Å². The van der Waals surface area contributed by atoms with Gasteiger partial charge in [-0.2, -0.15) is 10.1 Å². The largest absolute Gasteiger partial charge is 0.573 e. The lowest BCUT2D eigenvalue weighted by Crippen LogP contribution is -2.16. The summed E-state index contributed by atoms with van der Waals surface area (Å²) in [7, 11) is 0. The summed E-state index contributed by atoms with van der Waals surface area (Å²) < 4.78 is 47.8. The summed E-state index contributed by atoms with van der Waals surface area (Å²) in [6.45, 7) is 4.58. The molecule has 0 N–H and O–H groups in total. The van der Waals surface area contributed by atoms with Crippen molar-refractivity contribution in [1.29, 1.82) is 0 Å². The summed E-state index contributed by atoms with van der Waals surface area (Å²) in [5.41, 5.74) is 4.26. The van der Waals surface area contributed by atoms with Gasteiger partial charge in [0.25, 0.3) is 5.89 Å². The van der Waals surface area contributed by atoms with E-state index in [4.69, 9.17) is 4.52 Å². The van der Waals surface area contributed by atoms with Gasteiger partial charge in [-0.15, -0.1) is 13.2 Å². The average Bonchev–Trinajstić information content (AvgIpc) is 3.30. The fourth-order valence-electron chi connectivity index (χ4n) is 2.89. The van der Waals surface area contributed by atoms with Crippen molar-refractivity contribution in [3.05, 3.63) is 71.4 Å². The molecule has 0 unspecified atom stereocenters. The summed E-state index contributed by atoms with van der Waals surface area (Å²) in [6, 6.07) is 15.3. The zero-order valence-electron chi connectivity index (χ0n) is 16.1. The first kappa shape index (κ1) is 19.7. The van der Waals surface area contributed by atoms with Crippen molar-refractivity contribution in [2.75, 3.05) is 0 Å². The van der Waals surface area contributed by atoms with Gasteiger partial charge in [0.15, 0.2) is 0 Å². The molecule has 0 spiro atoms. The second-order valence-corrected chi connectivity index (χ2v) is 6.81. The number of nitrogens with zero attached hydrogens (tertiary/aromatic N) is 4. The third-order valence-corrected chi connectivity index (χ3v) is 4.42. The maximum atomic E-state index is 12.3. The number of hydrogen-bond acceptors (Lipinski definition) is 5. The van der Waals surface area contributed by atoms with Crippen molar-refractivity contribution >= 4 is 0 Å². The monoisotopic (exact) mass is 414 g/mol. The number of aromatic nitrogens is 4. The SMILES string of the molecule is Cc1ccc(Cn2nc(-c3noc(-c4ccc(OC(F)(F)F)cc4)n3)cc2C)cc1. The first-order chi connectivity index (χ1) is 14.3. The molecule has 0 amide bonds. The van der Waals surface area contributed by atoms with E-state index in [2.05, 4.69) is 32.1 Å². The molecule has 0 fully saturated rings. The highest BCUT2D eigenvalue weighted by molar-refractivity contribution is 5.58. The molecule has 0 aliphatic heterocycles. The summed E-state index contributed by atoms with van der Waals surface area (Å²) in [4.78, 5) is 4.31. The molecular formula is C21H17F3N4O2. The molecule has 2 aromatic carbocycles. The molecule has 2 aromatic heterocycles. The second kappa shape index (κ2) is 7.66. The maximum Gasteiger partial charge on any atom is 0.573 e. The van der Waals surface area contributed by atoms with Crippen LogP contribution < -0.4 is 4.74 Å². The number of aryl methyl sites for hydroxylation is 2. The summed E-state index contributed by atoms with van der Waals surface area (Å²) in [6.07, 6.45) is -4.74. The molecule has 4 aromatic rings. The van der Waals surface area contributed by atoms with Crippen LogP contribution in [-0.2, 0) is 6.54 Å². The quantitative estimate of drug-likeness (QED) is 0.451. The van der Waals surface area contributed by atoms with E-state index in [1.165, 1.54) is 29.8 Å². The van der Waals surface area contributed by atoms with Crippen molar-refractivity contribution in [1.82, 2.24) is 19.9 Å². The van der Waals surface area contributed by atoms with Gasteiger partial charge >= 0.3 is 6.36 Å². The molecular weight excluding hydrogens is 397 g/mol. The molecule has 0 saturated heterocycles. The molecule has 0 saturated carbocycles. The zero-order chi connectivity index (χ0) is 21.3. The van der Waals surface area contributed by atoms with Crippen LogP contribution in [0.5, 0.6) is 5.75 Å². The van der Waals surface area contributed by atoms with Crippen LogP contribution in [0.1, 0.15) is 16.8 Å². The number of rotatable bonds is 5. The maximum absolute atomic E-state index is 12.3. The van der Waals surface area contributed by atoms with Crippen molar-refractivity contribution < 1.29 is 22.4 Å². The molecule has 4 rings (SSSR count). The lowest BCUT2D eigenvalue weighted by Gasteiger charge is -2.08. The molecule has 9 heteroatoms. The van der Waals surface area contributed by atoms with Gasteiger partial charge < -0.3 is 9.26 Å². The summed E-state index contributed by atoms with van der Waals surface area (Å²) >= 11 is 0. The predicted octanol–water partition coefficient (Wildman–Crippen LogP) is 5.16. The molecule has 0 aliphatic rings. The Balaban J connectivity index is 1.52. The lowest BCUT2D eigenvalue weighted by atomic mass is 10.1. The van der Waals surface area contributed by atoms with Crippen molar-refractivity contribution in [2.24, 2.45) is 0 Å². The van der Waals surface area contributed by atoms with E-state index in [9.17, 15) is 13.2 Å². The van der Waals surface area contributed by atoms with Crippen LogP contribution in [0.3, 0.4) is 0 Å². The number of halogens is 3. The Morgan fingerprint density at radius 3 is 2.37 bits per heavy atom. The third kappa shape index (κ3) is 4.51. The van der Waals surface area contributed by atoms with Crippen LogP contribution in [0.25, 0.3) is 23.0 Å². The standard InChI is InChI=1S/C21H17F3N4O2/c1-13-3-5-15(6-4-13)12-28-14(2)11-18(26-28)19-25-20(30-27-19)16-7-9-17(10-8-16)29-21(22,23)24/h3-11H,12H2,1-2H3. The van der Waals surface area contributed by atoms with Crippen molar-refractivity contribution in [3.8, 4) is 28.7 Å². The van der Waals surface area contributed by atoms with Gasteiger partial charge in [0.2, 0.25) is 5.82 Å². The molecule has 0 atom stereocenters. The van der Waals surface area contributed by atoms with Gasteiger partial charge in [-0.3, -0.25) is 4.68 Å². The Bertz CT molecular complexity index is 1150. The van der Waals surface area contributed by atoms with Crippen molar-refractivity contribution in [3.63, 3.8) is 0 Å². The molecule has 6 nitrogen and oxygen atoms in total. The van der Waals surface area contributed by atoms with E-state index < -0.39 is 6.36 Å². The molecule has 30 heavy (non-hydrogen) atoms. The Hall–Kier alpha value is -3.62. The lowest BCUT2D eigenvalue weighted by molar-refractivity contribution is -0.274. The van der Waals surface area contributed by atoms with E-state index >= 15 is 0 Å². The van der Waals surface area contributed by atoms with Crippen LogP contribution in [0.15, 0.2) is 59.1 Å². The molecule has 0 radical (unpaired) electrons. The van der Waals surface area contributed by atoms with Crippen LogP contribution in [0.4, 0.5) is 13.2 Å². The van der Waals surface area contributed by atoms with Gasteiger partial charge in [-0.25, -0.2) is 0 Å². The van der Waals surface area contributed by atoms with E-state index in [1.54, 1.807) is 0 Å². The minimum atomic E-state index is -4.74. The Morgan fingerprint density at radius 1 is 1.00 bits per heavy atom. The first-order valence-electron chi connectivity index (χ1n) is 9.07. The smallest absolute Gasteiger partial charge is 0.406 e. The fraction of sp³-hybridized carbons (Fsp3) is 0.190. The van der Waals surface area contributed by atoms with Gasteiger partial charge in [-0.1, -0.05) is 35.0 Å². The van der Waals surface area contributed by atoms with E-state index in [1.807, 2.05) is 36.7 Å². The normalized spacial score (nSPS) is 11.6. The number of ether oxygens (including phenoxy) is 1. The highest BCUT2D eigenvalue weighted by Gasteiger charge is 2.31. The highest BCUT2D eigenvalue weighted by atomic mass is 19.4. The number of benzene rings is 2. The molecule has 0 bridgehead atoms. The van der Waals surface area contributed by atoms with Gasteiger partial charge in [-0.05, 0) is 49.7 Å². The highest BCUT2D eigenvalue weighted by Crippen LogP contribution is 2.27. The summed E-state index contributed by atoms with van der Waals surface area (Å²) in [5, 5.41) is 8.49. The average molecular weight is 414 g/mol. The second-order valence-electron chi connectivity index (χ2n) is 6.81. The first-order valence-corrected chi connectivity index (χ1v) is 9.07. The van der Waals surface area contributed by atoms with Gasteiger partial charge in [0, 0.05) is 11.3 Å². The number of hydrogen-bond donors (Lipinski definition) is 0. The molecule has 2 heterocycles. The van der Waals surface area contributed by atoms with Crippen LogP contribution in [0, 0.1) is 13.8 Å². The fourth-order valence-corrected chi connectivity index (χ4v) is 2.89. The van der Waals surface area contributed by atoms with Crippen molar-refractivity contribution in [2.45, 2.75) is 26.8 Å². The van der Waals surface area contributed by atoms with Crippen LogP contribution in [0.2, 0.25) is 0 Å². The predicted molar refractivity (Wildman–Crippen MR) is 103 cm³/mol. The summed E-state index contributed by atoms with van der Waals surface area (Å²) in [5.74, 6) is 0.150. The Morgan fingerprint density at radius 2 is 1.70 bits per heavy atom. The Labute approximate surface area is 169 Å². The molecule has 154 valence electrons. The van der Waals surface area contributed by atoms with E-state index in [0.29, 0.717) is 23.6 Å². The Kier molecular flexibility index (Phi) is 5.03. The minimum absolute atomic E-state index is 0.175. The molecule has 0 aliphatic carbocycles. The third-order valence-electron chi connectivity index (χ3n) is 4.42. The topological polar surface area (TPSA) is 66.0 Å². The minimum Gasteiger partial charge on any atom is -0.406 e. The van der Waals surface area contributed by atoms with Crippen LogP contribution in [-0.4, -0.2) is 26.3 Å². The van der Waals surface area contributed by atoms with Gasteiger partial charge in [0.05, 0.1) is 6.54 Å². The number of alkyl halides is 3.